The second kappa shape index (κ2) is 6.69. The smallest absolute Gasteiger partial charge is 0.410 e. The second-order valence-corrected chi connectivity index (χ2v) is 9.66. The van der Waals surface area contributed by atoms with Crippen LogP contribution in [0.2, 0.25) is 0 Å². The van der Waals surface area contributed by atoms with Gasteiger partial charge in [-0.05, 0) is 57.3 Å². The predicted octanol–water partition coefficient (Wildman–Crippen LogP) is 2.86. The minimum Gasteiger partial charge on any atom is -0.530 e. The summed E-state index contributed by atoms with van der Waals surface area (Å²) < 4.78 is 5.67. The van der Waals surface area contributed by atoms with Gasteiger partial charge in [0.25, 0.3) is 0 Å². The van der Waals surface area contributed by atoms with Crippen LogP contribution >= 0.6 is 0 Å². The SMILES string of the molecule is CC(C)(C)OC(=O)N1CCCC2(CCN(C(=O)[O-])CC2)C1C(C)(C)C. The van der Waals surface area contributed by atoms with Crippen molar-refractivity contribution in [1.29, 1.82) is 0 Å². The number of carboxylic acid groups (broad SMARTS) is 1. The molecule has 0 aromatic carbocycles. The summed E-state index contributed by atoms with van der Waals surface area (Å²) in [6.45, 7) is 13.8. The van der Waals surface area contributed by atoms with Crippen LogP contribution in [0.5, 0.6) is 0 Å². The molecule has 6 heteroatoms. The molecule has 0 aromatic rings. The molecule has 0 bridgehead atoms. The first-order valence-electron chi connectivity index (χ1n) is 9.31. The lowest BCUT2D eigenvalue weighted by Gasteiger charge is -2.57. The fraction of sp³-hybridized carbons (Fsp3) is 0.895. The molecule has 0 N–H and O–H groups in total. The molecule has 6 nitrogen and oxygen atoms in total. The highest BCUT2D eigenvalue weighted by molar-refractivity contribution is 5.69. The summed E-state index contributed by atoms with van der Waals surface area (Å²) in [4.78, 5) is 27.3. The summed E-state index contributed by atoms with van der Waals surface area (Å²) in [5.41, 5.74) is -0.692. The second-order valence-electron chi connectivity index (χ2n) is 9.66. The van der Waals surface area contributed by atoms with Crippen molar-refractivity contribution < 1.29 is 19.4 Å². The van der Waals surface area contributed by atoms with Gasteiger partial charge in [0, 0.05) is 25.7 Å². The van der Waals surface area contributed by atoms with Gasteiger partial charge in [-0.2, -0.15) is 0 Å². The minimum atomic E-state index is -1.10. The van der Waals surface area contributed by atoms with Crippen LogP contribution in [0.3, 0.4) is 0 Å². The molecule has 2 amide bonds. The van der Waals surface area contributed by atoms with Crippen LogP contribution in [-0.4, -0.2) is 53.3 Å². The monoisotopic (exact) mass is 353 g/mol. The lowest BCUT2D eigenvalue weighted by Crippen LogP contribution is -2.63. The Bertz CT molecular complexity index is 510. The van der Waals surface area contributed by atoms with E-state index in [1.165, 1.54) is 4.90 Å². The van der Waals surface area contributed by atoms with Gasteiger partial charge in [0.05, 0.1) is 0 Å². The molecule has 1 unspecified atom stereocenters. The van der Waals surface area contributed by atoms with Gasteiger partial charge in [0.15, 0.2) is 0 Å². The van der Waals surface area contributed by atoms with E-state index in [1.807, 2.05) is 25.7 Å². The van der Waals surface area contributed by atoms with Crippen molar-refractivity contribution in [3.8, 4) is 0 Å². The Morgan fingerprint density at radius 2 is 1.56 bits per heavy atom. The number of ether oxygens (including phenoxy) is 1. The molecule has 2 saturated heterocycles. The molecule has 2 aliphatic heterocycles. The number of rotatable bonds is 0. The number of carbonyl (C=O) groups is 2. The van der Waals surface area contributed by atoms with Gasteiger partial charge in [0.1, 0.15) is 11.7 Å². The van der Waals surface area contributed by atoms with Crippen LogP contribution < -0.4 is 5.11 Å². The van der Waals surface area contributed by atoms with Crippen LogP contribution in [0.4, 0.5) is 9.59 Å². The lowest BCUT2D eigenvalue weighted by molar-refractivity contribution is -0.268. The number of likely N-dealkylation sites (tertiary alicyclic amines) is 2. The molecular formula is C19H33N2O4-. The highest BCUT2D eigenvalue weighted by Crippen LogP contribution is 2.50. The average molecular weight is 353 g/mol. The number of hydrogen-bond donors (Lipinski definition) is 0. The highest BCUT2D eigenvalue weighted by atomic mass is 16.6. The zero-order valence-corrected chi connectivity index (χ0v) is 16.6. The Labute approximate surface area is 151 Å². The van der Waals surface area contributed by atoms with Crippen molar-refractivity contribution in [2.75, 3.05) is 19.6 Å². The molecule has 2 heterocycles. The van der Waals surface area contributed by atoms with E-state index in [0.717, 1.165) is 25.7 Å². The van der Waals surface area contributed by atoms with Crippen LogP contribution in [0.25, 0.3) is 0 Å². The summed E-state index contributed by atoms with van der Waals surface area (Å²) in [6, 6.07) is 0.0347. The van der Waals surface area contributed by atoms with Gasteiger partial charge < -0.3 is 24.4 Å². The summed E-state index contributed by atoms with van der Waals surface area (Å²) >= 11 is 0. The van der Waals surface area contributed by atoms with Gasteiger partial charge in [-0.1, -0.05) is 20.8 Å². The number of hydrogen-bond acceptors (Lipinski definition) is 4. The maximum absolute atomic E-state index is 12.9. The van der Waals surface area contributed by atoms with Crippen molar-refractivity contribution in [2.45, 2.75) is 78.9 Å². The topological polar surface area (TPSA) is 72.9 Å². The molecule has 1 atom stereocenters. The Morgan fingerprint density at radius 3 is 2.00 bits per heavy atom. The minimum absolute atomic E-state index is 0.0347. The number of piperidine rings is 2. The van der Waals surface area contributed by atoms with Gasteiger partial charge in [-0.15, -0.1) is 0 Å². The maximum Gasteiger partial charge on any atom is 0.410 e. The Kier molecular flexibility index (Phi) is 5.31. The summed E-state index contributed by atoms with van der Waals surface area (Å²) in [5.74, 6) is 0. The van der Waals surface area contributed by atoms with E-state index in [0.29, 0.717) is 19.6 Å². The van der Waals surface area contributed by atoms with Crippen molar-refractivity contribution in [3.63, 3.8) is 0 Å². The van der Waals surface area contributed by atoms with Crippen molar-refractivity contribution in [1.82, 2.24) is 9.80 Å². The maximum atomic E-state index is 12.9. The van der Waals surface area contributed by atoms with Crippen LogP contribution in [0.15, 0.2) is 0 Å². The molecule has 2 aliphatic rings. The predicted molar refractivity (Wildman–Crippen MR) is 94.1 cm³/mol. The third kappa shape index (κ3) is 4.39. The van der Waals surface area contributed by atoms with Crippen molar-refractivity contribution in [2.24, 2.45) is 10.8 Å². The van der Waals surface area contributed by atoms with E-state index in [1.54, 1.807) is 0 Å². The largest absolute Gasteiger partial charge is 0.530 e. The summed E-state index contributed by atoms with van der Waals surface area (Å²) in [5, 5.41) is 11.2. The van der Waals surface area contributed by atoms with Gasteiger partial charge in [0.2, 0.25) is 0 Å². The van der Waals surface area contributed by atoms with Gasteiger partial charge in [-0.25, -0.2) is 4.79 Å². The standard InChI is InChI=1S/C19H34N2O4/c1-17(2,3)14-19(9-12-20(13-10-19)15(22)23)8-7-11-21(14)16(24)25-18(4,5)6/h14H,7-13H2,1-6H3,(H,22,23)/p-1. The number of carbonyl (C=O) groups excluding carboxylic acids is 2. The van der Waals surface area contributed by atoms with Gasteiger partial charge >= 0.3 is 6.09 Å². The fourth-order valence-corrected chi connectivity index (χ4v) is 4.76. The lowest BCUT2D eigenvalue weighted by atomic mass is 9.60. The van der Waals surface area contributed by atoms with E-state index < -0.39 is 11.7 Å². The zero-order valence-electron chi connectivity index (χ0n) is 16.6. The zero-order chi connectivity index (χ0) is 19.0. The molecule has 0 aromatic heterocycles. The fourth-order valence-electron chi connectivity index (χ4n) is 4.76. The number of nitrogens with zero attached hydrogens (tertiary/aromatic N) is 2. The number of amides is 2. The van der Waals surface area contributed by atoms with E-state index in [-0.39, 0.29) is 23.0 Å². The van der Waals surface area contributed by atoms with E-state index in [2.05, 4.69) is 20.8 Å². The molecule has 1 spiro atoms. The first kappa shape index (κ1) is 19.9. The molecule has 25 heavy (non-hydrogen) atoms. The quantitative estimate of drug-likeness (QED) is 0.671. The van der Waals surface area contributed by atoms with E-state index >= 15 is 0 Å². The van der Waals surface area contributed by atoms with Crippen LogP contribution in [0, 0.1) is 10.8 Å². The first-order valence-corrected chi connectivity index (χ1v) is 9.31. The summed E-state index contributed by atoms with van der Waals surface area (Å²) in [6.07, 6.45) is 2.13. The molecule has 0 saturated carbocycles. The highest BCUT2D eigenvalue weighted by Gasteiger charge is 2.52. The third-order valence-electron chi connectivity index (χ3n) is 5.43. The van der Waals surface area contributed by atoms with E-state index in [9.17, 15) is 14.7 Å². The summed E-state index contributed by atoms with van der Waals surface area (Å²) in [7, 11) is 0. The van der Waals surface area contributed by atoms with Crippen molar-refractivity contribution >= 4 is 12.2 Å². The van der Waals surface area contributed by atoms with Crippen LogP contribution in [-0.2, 0) is 4.74 Å². The molecule has 0 aliphatic carbocycles. The van der Waals surface area contributed by atoms with E-state index in [4.69, 9.17) is 4.74 Å². The van der Waals surface area contributed by atoms with Crippen LogP contribution in [0.1, 0.15) is 67.2 Å². The Balaban J connectivity index is 2.28. The molecular weight excluding hydrogens is 320 g/mol. The molecule has 2 rings (SSSR count). The third-order valence-corrected chi connectivity index (χ3v) is 5.43. The van der Waals surface area contributed by atoms with Crippen molar-refractivity contribution in [3.05, 3.63) is 0 Å². The molecule has 144 valence electrons. The Hall–Kier alpha value is -1.46. The first-order chi connectivity index (χ1) is 11.4. The molecule has 0 radical (unpaired) electrons. The van der Waals surface area contributed by atoms with Gasteiger partial charge in [-0.3, -0.25) is 0 Å². The average Bonchev–Trinajstić information content (AvgIpc) is 2.44. The Morgan fingerprint density at radius 1 is 1.00 bits per heavy atom. The molecule has 2 fully saturated rings. The normalized spacial score (nSPS) is 24.3.